The minimum Gasteiger partial charge on any atom is -0.350 e. The van der Waals surface area contributed by atoms with E-state index < -0.39 is 18.0 Å². The van der Waals surface area contributed by atoms with E-state index in [2.05, 4.69) is 10.6 Å². The van der Waals surface area contributed by atoms with Gasteiger partial charge in [-0.15, -0.1) is 0 Å². The van der Waals surface area contributed by atoms with Gasteiger partial charge in [-0.3, -0.25) is 14.4 Å². The lowest BCUT2D eigenvalue weighted by Gasteiger charge is -2.17. The molecule has 0 aliphatic heterocycles. The Balaban J connectivity index is 1.93. The topological polar surface area (TPSA) is 101 Å². The largest absolute Gasteiger partial charge is 0.350 e. The van der Waals surface area contributed by atoms with Crippen LogP contribution in [0.1, 0.15) is 25.8 Å². The Bertz CT molecular complexity index is 783. The predicted octanol–water partition coefficient (Wildman–Crippen LogP) is 1.27. The number of benzene rings is 2. The number of Topliss-reactive ketones (excluding diaryl/α,β-unsaturated/α-hetero) is 1. The highest BCUT2D eigenvalue weighted by Gasteiger charge is 2.20. The smallest absolute Gasteiger partial charge is 0.242 e. The van der Waals surface area contributed by atoms with Crippen LogP contribution < -0.4 is 16.4 Å². The summed E-state index contributed by atoms with van der Waals surface area (Å²) >= 11 is 0. The zero-order chi connectivity index (χ0) is 18.4. The van der Waals surface area contributed by atoms with Crippen molar-refractivity contribution in [3.8, 4) is 0 Å². The third-order valence-corrected chi connectivity index (χ3v) is 3.93. The molecule has 0 bridgehead atoms. The number of nitrogens with one attached hydrogen (secondary N) is 2. The summed E-state index contributed by atoms with van der Waals surface area (Å²) in [7, 11) is 0. The summed E-state index contributed by atoms with van der Waals surface area (Å²) in [6.07, 6.45) is -0.0455. The van der Waals surface area contributed by atoms with Crippen molar-refractivity contribution in [1.82, 2.24) is 10.6 Å². The molecule has 4 N–H and O–H groups in total. The van der Waals surface area contributed by atoms with Crippen LogP contribution in [-0.4, -0.2) is 29.7 Å². The van der Waals surface area contributed by atoms with Crippen molar-refractivity contribution in [3.05, 3.63) is 48.0 Å². The molecule has 2 rings (SSSR count). The first-order valence-electron chi connectivity index (χ1n) is 8.18. The van der Waals surface area contributed by atoms with Crippen molar-refractivity contribution >= 4 is 28.4 Å². The lowest BCUT2D eigenvalue weighted by molar-refractivity contribution is -0.130. The van der Waals surface area contributed by atoms with Crippen LogP contribution >= 0.6 is 0 Å². The van der Waals surface area contributed by atoms with Crippen molar-refractivity contribution in [1.29, 1.82) is 0 Å². The molecule has 0 heterocycles. The van der Waals surface area contributed by atoms with Gasteiger partial charge in [0.2, 0.25) is 11.8 Å². The summed E-state index contributed by atoms with van der Waals surface area (Å²) in [5, 5.41) is 7.52. The summed E-state index contributed by atoms with van der Waals surface area (Å²) in [6.45, 7) is 3.31. The number of hydrogen-bond acceptors (Lipinski definition) is 4. The SMILES string of the molecule is CC(=O)C[C@H](N)C(=O)N[C@@H](C)C(=O)NCc1cccc2ccccc12. The molecule has 0 fully saturated rings. The maximum atomic E-state index is 12.2. The molecule has 2 amide bonds. The molecule has 2 atom stereocenters. The first-order chi connectivity index (χ1) is 11.9. The Morgan fingerprint density at radius 2 is 1.72 bits per heavy atom. The fraction of sp³-hybridized carbons (Fsp3) is 0.316. The van der Waals surface area contributed by atoms with Gasteiger partial charge in [-0.2, -0.15) is 0 Å². The lowest BCUT2D eigenvalue weighted by atomic mass is 10.0. The maximum Gasteiger partial charge on any atom is 0.242 e. The molecule has 0 aliphatic rings. The van der Waals surface area contributed by atoms with E-state index in [0.717, 1.165) is 16.3 Å². The first-order valence-corrected chi connectivity index (χ1v) is 8.18. The van der Waals surface area contributed by atoms with Crippen LogP contribution in [0.3, 0.4) is 0 Å². The summed E-state index contributed by atoms with van der Waals surface area (Å²) in [6, 6.07) is 12.2. The van der Waals surface area contributed by atoms with Crippen LogP contribution in [0.4, 0.5) is 0 Å². The normalized spacial score (nSPS) is 13.1. The summed E-state index contributed by atoms with van der Waals surface area (Å²) < 4.78 is 0. The molecule has 2 aromatic rings. The van der Waals surface area contributed by atoms with Crippen LogP contribution in [0.15, 0.2) is 42.5 Å². The summed E-state index contributed by atoms with van der Waals surface area (Å²) in [5.74, 6) is -0.991. The standard InChI is InChI=1S/C19H23N3O3/c1-12(23)10-17(20)19(25)22-13(2)18(24)21-11-15-8-5-7-14-6-3-4-9-16(14)15/h3-9,13,17H,10-11,20H2,1-2H3,(H,21,24)(H,22,25)/t13-,17-/m0/s1. The number of amides is 2. The average Bonchev–Trinajstić information content (AvgIpc) is 2.58. The zero-order valence-corrected chi connectivity index (χ0v) is 14.4. The highest BCUT2D eigenvalue weighted by Crippen LogP contribution is 2.18. The highest BCUT2D eigenvalue weighted by atomic mass is 16.2. The Morgan fingerprint density at radius 3 is 2.44 bits per heavy atom. The number of hydrogen-bond donors (Lipinski definition) is 3. The molecule has 0 saturated heterocycles. The Labute approximate surface area is 146 Å². The minimum atomic E-state index is -0.939. The first kappa shape index (κ1) is 18.6. The van der Waals surface area contributed by atoms with Crippen molar-refractivity contribution in [2.24, 2.45) is 5.73 Å². The van der Waals surface area contributed by atoms with E-state index in [-0.39, 0.29) is 18.1 Å². The molecule has 6 heteroatoms. The van der Waals surface area contributed by atoms with E-state index in [4.69, 9.17) is 5.73 Å². The van der Waals surface area contributed by atoms with Gasteiger partial charge in [-0.05, 0) is 30.2 Å². The second-order valence-electron chi connectivity index (χ2n) is 6.10. The van der Waals surface area contributed by atoms with E-state index in [1.54, 1.807) is 6.92 Å². The van der Waals surface area contributed by atoms with Gasteiger partial charge in [-0.25, -0.2) is 0 Å². The second kappa shape index (κ2) is 8.39. The summed E-state index contributed by atoms with van der Waals surface area (Å²) in [4.78, 5) is 35.1. The monoisotopic (exact) mass is 341 g/mol. The lowest BCUT2D eigenvalue weighted by Crippen LogP contribution is -2.50. The van der Waals surface area contributed by atoms with E-state index in [9.17, 15) is 14.4 Å². The Kier molecular flexibility index (Phi) is 6.25. The second-order valence-corrected chi connectivity index (χ2v) is 6.10. The van der Waals surface area contributed by atoms with Crippen LogP contribution in [-0.2, 0) is 20.9 Å². The molecule has 0 saturated carbocycles. The number of ketones is 1. The molecule has 0 aliphatic carbocycles. The Morgan fingerprint density at radius 1 is 1.04 bits per heavy atom. The van der Waals surface area contributed by atoms with Gasteiger partial charge < -0.3 is 16.4 Å². The maximum absolute atomic E-state index is 12.2. The molecule has 6 nitrogen and oxygen atoms in total. The van der Waals surface area contributed by atoms with Crippen molar-refractivity contribution < 1.29 is 14.4 Å². The molecule has 0 unspecified atom stereocenters. The minimum absolute atomic E-state index is 0.0455. The molecular weight excluding hydrogens is 318 g/mol. The van der Waals surface area contributed by atoms with Gasteiger partial charge in [0.25, 0.3) is 0 Å². The number of carbonyl (C=O) groups is 3. The molecule has 132 valence electrons. The molecule has 25 heavy (non-hydrogen) atoms. The fourth-order valence-electron chi connectivity index (χ4n) is 2.57. The van der Waals surface area contributed by atoms with Gasteiger partial charge in [0.15, 0.2) is 0 Å². The number of nitrogens with two attached hydrogens (primary N) is 1. The van der Waals surface area contributed by atoms with E-state index in [0.29, 0.717) is 6.54 Å². The van der Waals surface area contributed by atoms with Crippen LogP contribution in [0.2, 0.25) is 0 Å². The highest BCUT2D eigenvalue weighted by molar-refractivity contribution is 5.92. The van der Waals surface area contributed by atoms with Gasteiger partial charge in [0.1, 0.15) is 11.8 Å². The van der Waals surface area contributed by atoms with Gasteiger partial charge in [0.05, 0.1) is 6.04 Å². The predicted molar refractivity (Wildman–Crippen MR) is 96.7 cm³/mol. The van der Waals surface area contributed by atoms with Gasteiger partial charge in [0, 0.05) is 13.0 Å². The van der Waals surface area contributed by atoms with Crippen molar-refractivity contribution in [3.63, 3.8) is 0 Å². The molecule has 2 aromatic carbocycles. The van der Waals surface area contributed by atoms with Crippen LogP contribution in [0.25, 0.3) is 10.8 Å². The van der Waals surface area contributed by atoms with Crippen molar-refractivity contribution in [2.45, 2.75) is 38.9 Å². The third kappa shape index (κ3) is 5.12. The number of rotatable bonds is 7. The number of carbonyl (C=O) groups excluding carboxylic acids is 3. The number of fused-ring (bicyclic) bond motifs is 1. The van der Waals surface area contributed by atoms with Gasteiger partial charge in [-0.1, -0.05) is 42.5 Å². The molecule has 0 radical (unpaired) electrons. The summed E-state index contributed by atoms with van der Waals surface area (Å²) in [5.41, 5.74) is 6.63. The molecular formula is C19H23N3O3. The van der Waals surface area contributed by atoms with E-state index in [1.807, 2.05) is 42.5 Å². The van der Waals surface area contributed by atoms with Gasteiger partial charge >= 0.3 is 0 Å². The zero-order valence-electron chi connectivity index (χ0n) is 14.4. The Hall–Kier alpha value is -2.73. The quantitative estimate of drug-likeness (QED) is 0.706. The molecule has 0 spiro atoms. The van der Waals surface area contributed by atoms with Crippen LogP contribution in [0, 0.1) is 0 Å². The van der Waals surface area contributed by atoms with Crippen molar-refractivity contribution in [2.75, 3.05) is 0 Å². The molecule has 0 aromatic heterocycles. The third-order valence-electron chi connectivity index (χ3n) is 3.93. The average molecular weight is 341 g/mol. The fourth-order valence-corrected chi connectivity index (χ4v) is 2.57. The van der Waals surface area contributed by atoms with E-state index >= 15 is 0 Å². The van der Waals surface area contributed by atoms with Crippen LogP contribution in [0.5, 0.6) is 0 Å². The van der Waals surface area contributed by atoms with E-state index in [1.165, 1.54) is 6.92 Å².